The molecule has 1 aromatic rings. The molecule has 0 saturated heterocycles. The summed E-state index contributed by atoms with van der Waals surface area (Å²) < 4.78 is 36.2. The Balaban J connectivity index is 3.15. The van der Waals surface area contributed by atoms with E-state index >= 15 is 0 Å². The van der Waals surface area contributed by atoms with Gasteiger partial charge in [0.2, 0.25) is 0 Å². The van der Waals surface area contributed by atoms with Crippen LogP contribution in [0.25, 0.3) is 0 Å². The van der Waals surface area contributed by atoms with E-state index in [0.717, 1.165) is 6.07 Å². The molecule has 0 fully saturated rings. The van der Waals surface area contributed by atoms with E-state index in [-0.39, 0.29) is 0 Å². The van der Waals surface area contributed by atoms with E-state index in [1.54, 1.807) is 0 Å². The van der Waals surface area contributed by atoms with Crippen molar-refractivity contribution in [2.24, 2.45) is 0 Å². The first-order valence-electron chi connectivity index (χ1n) is 2.76. The molecular formula is C7H3F3O. The van der Waals surface area contributed by atoms with Crippen molar-refractivity contribution in [1.82, 2.24) is 0 Å². The van der Waals surface area contributed by atoms with Crippen LogP contribution in [0.1, 0.15) is 10.4 Å². The van der Waals surface area contributed by atoms with E-state index in [4.69, 9.17) is 0 Å². The van der Waals surface area contributed by atoms with Crippen LogP contribution in [-0.2, 0) is 0 Å². The van der Waals surface area contributed by atoms with Gasteiger partial charge in [0.05, 0.1) is 5.56 Å². The van der Waals surface area contributed by atoms with Crippen molar-refractivity contribution >= 4 is 6.04 Å². The van der Waals surface area contributed by atoms with Gasteiger partial charge in [-0.05, 0) is 18.2 Å². The lowest BCUT2D eigenvalue weighted by Gasteiger charge is -1.92. The third-order valence-corrected chi connectivity index (χ3v) is 1.15. The fraction of sp³-hybridized carbons (Fsp3) is 0. The Hall–Kier alpha value is -1.32. The van der Waals surface area contributed by atoms with Gasteiger partial charge in [0, 0.05) is 0 Å². The number of hydrogen-bond acceptors (Lipinski definition) is 1. The van der Waals surface area contributed by atoms with Crippen LogP contribution in [0.5, 0.6) is 0 Å². The molecule has 0 unspecified atom stereocenters. The van der Waals surface area contributed by atoms with Gasteiger partial charge in [0.25, 0.3) is 0 Å². The summed E-state index contributed by atoms with van der Waals surface area (Å²) in [6.45, 7) is 0. The maximum absolute atomic E-state index is 12.2. The van der Waals surface area contributed by atoms with Gasteiger partial charge < -0.3 is 0 Å². The topological polar surface area (TPSA) is 17.1 Å². The van der Waals surface area contributed by atoms with E-state index in [1.807, 2.05) is 0 Å². The Bertz CT molecular complexity index is 296. The zero-order valence-electron chi connectivity index (χ0n) is 5.27. The van der Waals surface area contributed by atoms with Crippen LogP contribution < -0.4 is 0 Å². The second-order valence-electron chi connectivity index (χ2n) is 1.90. The largest absolute Gasteiger partial charge is 0.332 e. The van der Waals surface area contributed by atoms with Gasteiger partial charge in [-0.15, -0.1) is 0 Å². The van der Waals surface area contributed by atoms with Crippen molar-refractivity contribution in [3.8, 4) is 0 Å². The molecule has 0 aliphatic carbocycles. The lowest BCUT2D eigenvalue weighted by Crippen LogP contribution is -1.92. The van der Waals surface area contributed by atoms with Crippen molar-refractivity contribution in [2.75, 3.05) is 0 Å². The van der Waals surface area contributed by atoms with Gasteiger partial charge in [-0.2, -0.15) is 4.39 Å². The van der Waals surface area contributed by atoms with E-state index in [2.05, 4.69) is 0 Å². The molecule has 4 heteroatoms. The highest BCUT2D eigenvalue weighted by molar-refractivity contribution is 5.88. The second kappa shape index (κ2) is 2.74. The molecule has 58 valence electrons. The Morgan fingerprint density at radius 1 is 1.18 bits per heavy atom. The Labute approximate surface area is 60.5 Å². The summed E-state index contributed by atoms with van der Waals surface area (Å²) in [4.78, 5) is 9.95. The second-order valence-corrected chi connectivity index (χ2v) is 1.90. The normalized spacial score (nSPS) is 9.73. The minimum atomic E-state index is -1.77. The average molecular weight is 160 g/mol. The standard InChI is InChI=1S/C7H3F3O/c8-5-2-1-4(7(10)11)3-6(5)9/h1-3H. The van der Waals surface area contributed by atoms with Gasteiger partial charge in [0.15, 0.2) is 11.6 Å². The maximum atomic E-state index is 12.2. The molecule has 0 spiro atoms. The zero-order valence-corrected chi connectivity index (χ0v) is 5.27. The molecule has 0 amide bonds. The monoisotopic (exact) mass is 160 g/mol. The third kappa shape index (κ3) is 1.58. The quantitative estimate of drug-likeness (QED) is 0.574. The average Bonchev–Trinajstić information content (AvgIpc) is 1.94. The zero-order chi connectivity index (χ0) is 8.43. The third-order valence-electron chi connectivity index (χ3n) is 1.15. The molecule has 1 aromatic carbocycles. The molecule has 0 atom stereocenters. The summed E-state index contributed by atoms with van der Waals surface area (Å²) in [6, 6.07) is 0.310. The van der Waals surface area contributed by atoms with Crippen LogP contribution >= 0.6 is 0 Å². The molecule has 1 nitrogen and oxygen atoms in total. The molecule has 11 heavy (non-hydrogen) atoms. The lowest BCUT2D eigenvalue weighted by molar-refractivity contribution is 0.0835. The van der Waals surface area contributed by atoms with E-state index < -0.39 is 23.2 Å². The number of carbonyl (C=O) groups excluding carboxylic acids is 1. The van der Waals surface area contributed by atoms with E-state index in [0.29, 0.717) is 12.1 Å². The molecule has 0 bridgehead atoms. The van der Waals surface area contributed by atoms with Crippen LogP contribution in [0.2, 0.25) is 0 Å². The first-order valence-corrected chi connectivity index (χ1v) is 2.76. The number of halogens is 3. The first kappa shape index (κ1) is 7.78. The summed E-state index contributed by atoms with van der Waals surface area (Å²) in [5.74, 6) is -2.33. The Morgan fingerprint density at radius 2 is 1.82 bits per heavy atom. The van der Waals surface area contributed by atoms with Crippen molar-refractivity contribution in [3.05, 3.63) is 35.4 Å². The minimum absolute atomic E-state index is 0.483. The summed E-state index contributed by atoms with van der Waals surface area (Å²) in [5.41, 5.74) is -0.483. The number of carbonyl (C=O) groups is 1. The molecule has 0 aliphatic rings. The van der Waals surface area contributed by atoms with Crippen molar-refractivity contribution in [2.45, 2.75) is 0 Å². The molecule has 0 heterocycles. The van der Waals surface area contributed by atoms with Gasteiger partial charge in [-0.25, -0.2) is 8.78 Å². The summed E-state index contributed by atoms with van der Waals surface area (Å²) in [6.07, 6.45) is 0. The van der Waals surface area contributed by atoms with Gasteiger partial charge in [-0.1, -0.05) is 0 Å². The predicted octanol–water partition coefficient (Wildman–Crippen LogP) is 2.07. The van der Waals surface area contributed by atoms with Crippen molar-refractivity contribution in [1.29, 1.82) is 0 Å². The summed E-state index contributed by atoms with van der Waals surface area (Å²) in [5, 5.41) is 0. The van der Waals surface area contributed by atoms with Gasteiger partial charge >= 0.3 is 6.04 Å². The van der Waals surface area contributed by atoms with Crippen LogP contribution in [0.15, 0.2) is 18.2 Å². The fourth-order valence-corrected chi connectivity index (χ4v) is 0.618. The highest BCUT2D eigenvalue weighted by Crippen LogP contribution is 2.09. The fourth-order valence-electron chi connectivity index (χ4n) is 0.618. The van der Waals surface area contributed by atoms with Crippen LogP contribution in [0.4, 0.5) is 13.2 Å². The molecular weight excluding hydrogens is 157 g/mol. The van der Waals surface area contributed by atoms with Crippen LogP contribution in [0, 0.1) is 11.6 Å². The van der Waals surface area contributed by atoms with E-state index in [1.165, 1.54) is 0 Å². The molecule has 1 rings (SSSR count). The molecule has 0 radical (unpaired) electrons. The van der Waals surface area contributed by atoms with Crippen molar-refractivity contribution < 1.29 is 18.0 Å². The number of hydrogen-bond donors (Lipinski definition) is 0. The van der Waals surface area contributed by atoms with Crippen LogP contribution in [0.3, 0.4) is 0 Å². The number of rotatable bonds is 1. The highest BCUT2D eigenvalue weighted by Gasteiger charge is 2.07. The minimum Gasteiger partial charge on any atom is -0.255 e. The highest BCUT2D eigenvalue weighted by atomic mass is 19.2. The molecule has 0 saturated carbocycles. The SMILES string of the molecule is O=C(F)c1ccc(F)c(F)c1. The predicted molar refractivity (Wildman–Crippen MR) is 31.8 cm³/mol. The van der Waals surface area contributed by atoms with Crippen LogP contribution in [-0.4, -0.2) is 6.04 Å². The molecule has 0 aromatic heterocycles. The molecule has 0 N–H and O–H groups in total. The molecule has 0 aliphatic heterocycles. The number of benzene rings is 1. The lowest BCUT2D eigenvalue weighted by atomic mass is 10.2. The van der Waals surface area contributed by atoms with Gasteiger partial charge in [-0.3, -0.25) is 4.79 Å². The Kier molecular flexibility index (Phi) is 1.94. The summed E-state index contributed by atoms with van der Waals surface area (Å²) in [7, 11) is 0. The van der Waals surface area contributed by atoms with Crippen molar-refractivity contribution in [3.63, 3.8) is 0 Å². The summed E-state index contributed by atoms with van der Waals surface area (Å²) >= 11 is 0. The van der Waals surface area contributed by atoms with Gasteiger partial charge in [0.1, 0.15) is 0 Å². The van der Waals surface area contributed by atoms with E-state index in [9.17, 15) is 18.0 Å². The Morgan fingerprint density at radius 3 is 2.27 bits per heavy atom. The maximum Gasteiger partial charge on any atom is 0.332 e. The smallest absolute Gasteiger partial charge is 0.255 e. The first-order chi connectivity index (χ1) is 5.11.